The third-order valence-corrected chi connectivity index (χ3v) is 2.23. The quantitative estimate of drug-likeness (QED) is 0.423. The van der Waals surface area contributed by atoms with Gasteiger partial charge in [0.15, 0.2) is 0 Å². The molecule has 25 heavy (non-hydrogen) atoms. The van der Waals surface area contributed by atoms with Crippen LogP contribution in [0.15, 0.2) is 63.7 Å². The molecule has 1 rings (SSSR count). The van der Waals surface area contributed by atoms with Gasteiger partial charge in [0.05, 0.1) is 11.4 Å². The van der Waals surface area contributed by atoms with Crippen molar-refractivity contribution in [2.45, 2.75) is 27.7 Å². The van der Waals surface area contributed by atoms with E-state index < -0.39 is 0 Å². The van der Waals surface area contributed by atoms with E-state index in [4.69, 9.17) is 0 Å². The van der Waals surface area contributed by atoms with Crippen LogP contribution in [0.4, 0.5) is 0 Å². The second kappa shape index (κ2) is 24.4. The second-order valence-corrected chi connectivity index (χ2v) is 3.83. The average Bonchev–Trinajstić information content (AvgIpc) is 2.69. The molecule has 0 saturated carbocycles. The van der Waals surface area contributed by atoms with E-state index in [2.05, 4.69) is 33.3 Å². The van der Waals surface area contributed by atoms with E-state index in [1.54, 1.807) is 23.4 Å². The summed E-state index contributed by atoms with van der Waals surface area (Å²) >= 11 is 4.39. The van der Waals surface area contributed by atoms with E-state index in [0.29, 0.717) is 0 Å². The summed E-state index contributed by atoms with van der Waals surface area (Å²) in [5.74, 6) is 0. The van der Waals surface area contributed by atoms with Gasteiger partial charge in [0.1, 0.15) is 0 Å². The molecule has 0 aliphatic carbocycles. The number of pyridine rings is 1. The third-order valence-electron chi connectivity index (χ3n) is 2.23. The van der Waals surface area contributed by atoms with Crippen molar-refractivity contribution in [3.8, 4) is 0 Å². The van der Waals surface area contributed by atoms with Crippen LogP contribution in [0.2, 0.25) is 0 Å². The number of halogens is 1. The van der Waals surface area contributed by atoms with Gasteiger partial charge in [0.2, 0.25) is 0 Å². The minimum atomic E-state index is 0. The monoisotopic (exact) mass is 417 g/mol. The molecule has 0 aromatic carbocycles. The Morgan fingerprint density at radius 1 is 0.880 bits per heavy atom. The topological polar surface area (TPSA) is 142 Å². The SMILES string of the molecule is C/C(N=O)=C(\C)N[O-].C/C(N=O)=C(\C)N[O-].[CH2-]Cl.[Co+3].c1ccncc1. The summed E-state index contributed by atoms with van der Waals surface area (Å²) in [7, 11) is 0. The largest absolute Gasteiger partial charge is 3.00 e. The molecule has 0 saturated heterocycles. The molecular weight excluding hydrogens is 397 g/mol. The number of nitrogens with one attached hydrogen (secondary N) is 2. The summed E-state index contributed by atoms with van der Waals surface area (Å²) in [4.78, 5) is 23.0. The molecule has 0 unspecified atom stereocenters. The van der Waals surface area contributed by atoms with Crippen LogP contribution in [0.5, 0.6) is 0 Å². The molecule has 0 amide bonds. The van der Waals surface area contributed by atoms with E-state index in [0.717, 1.165) is 0 Å². The summed E-state index contributed by atoms with van der Waals surface area (Å²) in [6, 6.07) is 5.72. The van der Waals surface area contributed by atoms with Crippen molar-refractivity contribution < 1.29 is 16.8 Å². The van der Waals surface area contributed by atoms with Gasteiger partial charge in [-0.15, -0.1) is 9.81 Å². The maximum Gasteiger partial charge on any atom is 3.00 e. The first-order valence-corrected chi connectivity index (χ1v) is 6.87. The number of nitrogens with zero attached hydrogens (tertiary/aromatic N) is 3. The molecule has 0 fully saturated rings. The predicted molar refractivity (Wildman–Crippen MR) is 96.8 cm³/mol. The number of rotatable bonds is 4. The Hall–Kier alpha value is -1.85. The second-order valence-electron chi connectivity index (χ2n) is 3.83. The molecule has 1 heterocycles. The Balaban J connectivity index is -0.000000124. The summed E-state index contributed by atoms with van der Waals surface area (Å²) < 4.78 is 0. The Morgan fingerprint density at radius 3 is 1.28 bits per heavy atom. The molecule has 0 radical (unpaired) electrons. The van der Waals surface area contributed by atoms with Crippen molar-refractivity contribution in [3.63, 3.8) is 0 Å². The Kier molecular flexibility index (Phi) is 30.2. The molecule has 11 heteroatoms. The summed E-state index contributed by atoms with van der Waals surface area (Å²) in [5, 5.41) is 24.5. The van der Waals surface area contributed by atoms with Crippen molar-refractivity contribution in [3.05, 3.63) is 80.0 Å². The maximum atomic E-state index is 9.72. The molecule has 1 aromatic rings. The molecule has 0 aliphatic rings. The zero-order valence-electron chi connectivity index (χ0n) is 14.3. The van der Waals surface area contributed by atoms with Gasteiger partial charge >= 0.3 is 16.8 Å². The minimum absolute atomic E-state index is 0. The molecule has 2 N–H and O–H groups in total. The molecule has 0 aliphatic heterocycles. The first kappa shape index (κ1) is 31.0. The molecule has 1 aromatic heterocycles. The van der Waals surface area contributed by atoms with Crippen LogP contribution in [0.1, 0.15) is 27.7 Å². The van der Waals surface area contributed by atoms with Gasteiger partial charge in [-0.3, -0.25) is 11.4 Å². The number of hydroxylamine groups is 2. The summed E-state index contributed by atoms with van der Waals surface area (Å²) in [5.41, 5.74) is 4.02. The van der Waals surface area contributed by atoms with Crippen LogP contribution >= 0.6 is 11.6 Å². The molecule has 0 atom stereocenters. The van der Waals surface area contributed by atoms with Crippen molar-refractivity contribution in [2.75, 3.05) is 0 Å². The fraction of sp³-hybridized carbons (Fsp3) is 0.286. The van der Waals surface area contributed by atoms with Crippen molar-refractivity contribution >= 4 is 11.6 Å². The molecule has 9 nitrogen and oxygen atoms in total. The van der Waals surface area contributed by atoms with Crippen LogP contribution in [0, 0.1) is 26.6 Å². The van der Waals surface area contributed by atoms with Gasteiger partial charge in [-0.2, -0.15) is 0 Å². The number of aromatic nitrogens is 1. The summed E-state index contributed by atoms with van der Waals surface area (Å²) in [6.45, 7) is 5.91. The summed E-state index contributed by atoms with van der Waals surface area (Å²) in [6.07, 6.45) is 6.22. The van der Waals surface area contributed by atoms with Gasteiger partial charge in [-0.05, 0) is 50.2 Å². The fourth-order valence-corrected chi connectivity index (χ4v) is 0.597. The maximum absolute atomic E-state index is 9.72. The zero-order valence-corrected chi connectivity index (χ0v) is 16.1. The predicted octanol–water partition coefficient (Wildman–Crippen LogP) is 4.28. The normalized spacial score (nSPS) is 10.1. The zero-order chi connectivity index (χ0) is 19.4. The Morgan fingerprint density at radius 2 is 1.20 bits per heavy atom. The molecule has 142 valence electrons. The van der Waals surface area contributed by atoms with Crippen molar-refractivity contribution in [2.24, 2.45) is 10.4 Å². The first-order chi connectivity index (χ1) is 11.4. The fourth-order valence-electron chi connectivity index (χ4n) is 0.597. The molecule has 0 spiro atoms. The van der Waals surface area contributed by atoms with Crippen LogP contribution in [-0.4, -0.2) is 4.98 Å². The standard InChI is InChI=1S/C5H5N.2C4H7N2O2.CH2Cl.Co/c1-2-4-6-5-3-1;2*1-3(5-7)4(2)6-8;1-2;/h1-5H;2*5H,1-2H3;1H2;/q;3*-1;+3/b;2*4-3-;;. The van der Waals surface area contributed by atoms with Crippen LogP contribution in [0.3, 0.4) is 0 Å². The number of allylic oxidation sites excluding steroid dienone is 4. The van der Waals surface area contributed by atoms with Gasteiger partial charge in [0.25, 0.3) is 0 Å². The van der Waals surface area contributed by atoms with Crippen LogP contribution in [-0.2, 0) is 16.8 Å². The first-order valence-electron chi connectivity index (χ1n) is 6.34. The van der Waals surface area contributed by atoms with E-state index >= 15 is 0 Å². The van der Waals surface area contributed by atoms with Crippen LogP contribution in [0.25, 0.3) is 0 Å². The Bertz CT molecular complexity index is 445. The molecular formula is C14H21ClCoN5O4. The van der Waals surface area contributed by atoms with Gasteiger partial charge < -0.3 is 33.0 Å². The van der Waals surface area contributed by atoms with Crippen molar-refractivity contribution in [1.29, 1.82) is 0 Å². The van der Waals surface area contributed by atoms with E-state index in [1.165, 1.54) is 27.7 Å². The molecule has 0 bridgehead atoms. The smallest absolute Gasteiger partial charge is 0.761 e. The Labute approximate surface area is 162 Å². The average molecular weight is 418 g/mol. The van der Waals surface area contributed by atoms with Crippen molar-refractivity contribution in [1.82, 2.24) is 15.9 Å². The van der Waals surface area contributed by atoms with Gasteiger partial charge in [-0.1, -0.05) is 6.07 Å². The van der Waals surface area contributed by atoms with E-state index in [1.807, 2.05) is 18.2 Å². The third kappa shape index (κ3) is 22.1. The van der Waals surface area contributed by atoms with E-state index in [9.17, 15) is 20.2 Å². The van der Waals surface area contributed by atoms with Crippen LogP contribution < -0.4 is 11.0 Å². The number of nitroso groups, excluding NO2 is 2. The van der Waals surface area contributed by atoms with Gasteiger partial charge in [-0.25, -0.2) is 0 Å². The van der Waals surface area contributed by atoms with Gasteiger partial charge in [0, 0.05) is 23.8 Å². The number of hydrogen-bond donors (Lipinski definition) is 2. The number of hydrogen-bond acceptors (Lipinski definition) is 9. The minimum Gasteiger partial charge on any atom is -0.761 e. The van der Waals surface area contributed by atoms with E-state index in [-0.39, 0.29) is 39.6 Å².